The Kier molecular flexibility index (Phi) is 2.35. The van der Waals surface area contributed by atoms with Crippen molar-refractivity contribution in [1.29, 1.82) is 0 Å². The number of benzene rings is 1. The van der Waals surface area contributed by atoms with E-state index in [1.807, 2.05) is 32.0 Å². The summed E-state index contributed by atoms with van der Waals surface area (Å²) in [6.45, 7) is 3.73. The standard InChI is InChI=1S/C11H12ClNO2/c1-11(2)13-10(12)8-6-7(14-3)4-5-9(8)15-11/h4-6H,1-3H3. The van der Waals surface area contributed by atoms with E-state index >= 15 is 0 Å². The third-order valence-electron chi connectivity index (χ3n) is 2.14. The van der Waals surface area contributed by atoms with Crippen molar-refractivity contribution < 1.29 is 9.47 Å². The van der Waals surface area contributed by atoms with E-state index in [0.717, 1.165) is 17.1 Å². The molecule has 1 aliphatic rings. The minimum absolute atomic E-state index is 0.458. The molecule has 1 aliphatic heterocycles. The van der Waals surface area contributed by atoms with Gasteiger partial charge in [0.25, 0.3) is 0 Å². The molecule has 0 amide bonds. The van der Waals surface area contributed by atoms with Gasteiger partial charge in [0.2, 0.25) is 0 Å². The van der Waals surface area contributed by atoms with Crippen molar-refractivity contribution in [3.63, 3.8) is 0 Å². The number of nitrogens with zero attached hydrogens (tertiary/aromatic N) is 1. The highest BCUT2D eigenvalue weighted by Gasteiger charge is 2.27. The van der Waals surface area contributed by atoms with Crippen LogP contribution in [0.4, 0.5) is 0 Å². The average Bonchev–Trinajstić information content (AvgIpc) is 2.15. The van der Waals surface area contributed by atoms with Crippen LogP contribution in [-0.2, 0) is 0 Å². The maximum absolute atomic E-state index is 6.08. The molecule has 0 saturated carbocycles. The Hall–Kier alpha value is -1.22. The molecule has 1 aromatic rings. The van der Waals surface area contributed by atoms with Crippen LogP contribution in [0.5, 0.6) is 11.5 Å². The maximum atomic E-state index is 6.08. The number of methoxy groups -OCH3 is 1. The first-order valence-corrected chi connectivity index (χ1v) is 5.02. The normalized spacial score (nSPS) is 17.5. The molecule has 0 bridgehead atoms. The second kappa shape index (κ2) is 3.42. The van der Waals surface area contributed by atoms with Crippen LogP contribution < -0.4 is 9.47 Å². The summed E-state index contributed by atoms with van der Waals surface area (Å²) >= 11 is 6.08. The molecule has 0 unspecified atom stereocenters. The summed E-state index contributed by atoms with van der Waals surface area (Å²) in [5, 5.41) is 0.458. The van der Waals surface area contributed by atoms with E-state index in [0.29, 0.717) is 5.17 Å². The van der Waals surface area contributed by atoms with Gasteiger partial charge in [-0.15, -0.1) is 0 Å². The average molecular weight is 226 g/mol. The molecule has 3 nitrogen and oxygen atoms in total. The fraction of sp³-hybridized carbons (Fsp3) is 0.364. The Morgan fingerprint density at radius 1 is 1.40 bits per heavy atom. The van der Waals surface area contributed by atoms with E-state index in [2.05, 4.69) is 4.99 Å². The summed E-state index contributed by atoms with van der Waals surface area (Å²) in [5.41, 5.74) is 0.175. The smallest absolute Gasteiger partial charge is 0.196 e. The fourth-order valence-electron chi connectivity index (χ4n) is 1.47. The highest BCUT2D eigenvalue weighted by atomic mass is 35.5. The largest absolute Gasteiger partial charge is 0.497 e. The Morgan fingerprint density at radius 3 is 2.80 bits per heavy atom. The first kappa shape index (κ1) is 10.3. The molecule has 1 heterocycles. The minimum atomic E-state index is -0.599. The molecule has 1 aromatic carbocycles. The van der Waals surface area contributed by atoms with Crippen molar-refractivity contribution in [2.24, 2.45) is 4.99 Å². The molecule has 4 heteroatoms. The second-order valence-electron chi connectivity index (χ2n) is 3.81. The summed E-state index contributed by atoms with van der Waals surface area (Å²) in [4.78, 5) is 4.24. The van der Waals surface area contributed by atoms with Gasteiger partial charge in [0, 0.05) is 0 Å². The lowest BCUT2D eigenvalue weighted by Crippen LogP contribution is -2.30. The summed E-state index contributed by atoms with van der Waals surface area (Å²) in [6, 6.07) is 5.49. The summed E-state index contributed by atoms with van der Waals surface area (Å²) in [7, 11) is 1.61. The van der Waals surface area contributed by atoms with Crippen LogP contribution in [-0.4, -0.2) is 18.0 Å². The molecule has 0 fully saturated rings. The first-order valence-electron chi connectivity index (χ1n) is 4.64. The lowest BCUT2D eigenvalue weighted by Gasteiger charge is -2.28. The predicted octanol–water partition coefficient (Wildman–Crippen LogP) is 2.81. The summed E-state index contributed by atoms with van der Waals surface area (Å²) in [5.74, 6) is 1.48. The van der Waals surface area contributed by atoms with Crippen molar-refractivity contribution in [3.8, 4) is 11.5 Å². The number of rotatable bonds is 1. The fourth-order valence-corrected chi connectivity index (χ4v) is 1.83. The maximum Gasteiger partial charge on any atom is 0.196 e. The molecule has 0 atom stereocenters. The minimum Gasteiger partial charge on any atom is -0.497 e. The monoisotopic (exact) mass is 225 g/mol. The Morgan fingerprint density at radius 2 is 2.13 bits per heavy atom. The number of fused-ring (bicyclic) bond motifs is 1. The molecule has 80 valence electrons. The molecular formula is C11H12ClNO2. The number of hydrogen-bond donors (Lipinski definition) is 0. The van der Waals surface area contributed by atoms with Gasteiger partial charge in [-0.1, -0.05) is 11.6 Å². The summed E-state index contributed by atoms with van der Waals surface area (Å²) in [6.07, 6.45) is 0. The quantitative estimate of drug-likeness (QED) is 0.736. The predicted molar refractivity (Wildman–Crippen MR) is 60.1 cm³/mol. The van der Waals surface area contributed by atoms with Gasteiger partial charge in [0.15, 0.2) is 5.72 Å². The van der Waals surface area contributed by atoms with Gasteiger partial charge in [-0.25, -0.2) is 4.99 Å². The van der Waals surface area contributed by atoms with Gasteiger partial charge in [-0.05, 0) is 32.0 Å². The van der Waals surface area contributed by atoms with E-state index in [4.69, 9.17) is 21.1 Å². The number of ether oxygens (including phenoxy) is 2. The van der Waals surface area contributed by atoms with Crippen molar-refractivity contribution in [1.82, 2.24) is 0 Å². The Labute approximate surface area is 93.7 Å². The highest BCUT2D eigenvalue weighted by molar-refractivity contribution is 6.70. The van der Waals surface area contributed by atoms with Crippen LogP contribution >= 0.6 is 11.6 Å². The van der Waals surface area contributed by atoms with Crippen LogP contribution in [0.2, 0.25) is 0 Å². The van der Waals surface area contributed by atoms with Crippen LogP contribution in [0.15, 0.2) is 23.2 Å². The third kappa shape index (κ3) is 1.92. The van der Waals surface area contributed by atoms with Crippen LogP contribution in [0.25, 0.3) is 0 Å². The molecule has 0 aromatic heterocycles. The molecule has 0 N–H and O–H groups in total. The van der Waals surface area contributed by atoms with Gasteiger partial charge in [-0.2, -0.15) is 0 Å². The molecule has 15 heavy (non-hydrogen) atoms. The lowest BCUT2D eigenvalue weighted by atomic mass is 10.1. The van der Waals surface area contributed by atoms with E-state index in [-0.39, 0.29) is 0 Å². The third-order valence-corrected chi connectivity index (χ3v) is 2.42. The van der Waals surface area contributed by atoms with Crippen LogP contribution in [0, 0.1) is 0 Å². The Bertz CT molecular complexity index is 427. The highest BCUT2D eigenvalue weighted by Crippen LogP contribution is 2.33. The van der Waals surface area contributed by atoms with Crippen LogP contribution in [0.1, 0.15) is 19.4 Å². The molecule has 0 spiro atoms. The number of halogens is 1. The van der Waals surface area contributed by atoms with E-state index in [1.54, 1.807) is 7.11 Å². The zero-order valence-corrected chi connectivity index (χ0v) is 9.63. The topological polar surface area (TPSA) is 30.8 Å². The first-order chi connectivity index (χ1) is 7.02. The molecule has 0 radical (unpaired) electrons. The van der Waals surface area contributed by atoms with Gasteiger partial charge >= 0.3 is 0 Å². The number of aliphatic imine (C=N–C) groups is 1. The van der Waals surface area contributed by atoms with Crippen molar-refractivity contribution >= 4 is 16.8 Å². The van der Waals surface area contributed by atoms with E-state index in [1.165, 1.54) is 0 Å². The van der Waals surface area contributed by atoms with Crippen molar-refractivity contribution in [3.05, 3.63) is 23.8 Å². The van der Waals surface area contributed by atoms with Gasteiger partial charge in [0.1, 0.15) is 16.7 Å². The van der Waals surface area contributed by atoms with Gasteiger partial charge in [-0.3, -0.25) is 0 Å². The van der Waals surface area contributed by atoms with Gasteiger partial charge < -0.3 is 9.47 Å². The lowest BCUT2D eigenvalue weighted by molar-refractivity contribution is 0.116. The SMILES string of the molecule is COc1ccc2c(c1)C(Cl)=NC(C)(C)O2. The molecular weight excluding hydrogens is 214 g/mol. The van der Waals surface area contributed by atoms with E-state index in [9.17, 15) is 0 Å². The van der Waals surface area contributed by atoms with Crippen molar-refractivity contribution in [2.75, 3.05) is 7.11 Å². The zero-order chi connectivity index (χ0) is 11.1. The van der Waals surface area contributed by atoms with E-state index < -0.39 is 5.72 Å². The van der Waals surface area contributed by atoms with Crippen molar-refractivity contribution in [2.45, 2.75) is 19.6 Å². The van der Waals surface area contributed by atoms with Gasteiger partial charge in [0.05, 0.1) is 12.7 Å². The molecule has 2 rings (SSSR count). The van der Waals surface area contributed by atoms with Crippen LogP contribution in [0.3, 0.4) is 0 Å². The zero-order valence-electron chi connectivity index (χ0n) is 8.87. The number of hydrogen-bond acceptors (Lipinski definition) is 3. The second-order valence-corrected chi connectivity index (χ2v) is 4.17. The summed E-state index contributed by atoms with van der Waals surface area (Å²) < 4.78 is 10.8. The Balaban J connectivity index is 2.51. The molecule has 0 saturated heterocycles. The molecule has 0 aliphatic carbocycles.